The zero-order chi connectivity index (χ0) is 22.5. The number of carbonyl (C=O) groups excluding carboxylic acids is 2. The summed E-state index contributed by atoms with van der Waals surface area (Å²) < 4.78 is 65.1. The van der Waals surface area contributed by atoms with Crippen molar-refractivity contribution in [1.29, 1.82) is 0 Å². The maximum Gasteiger partial charge on any atom is 0.416 e. The first-order valence-electron chi connectivity index (χ1n) is 8.65. The molecule has 3 N–H and O–H groups in total. The normalized spacial score (nSPS) is 12.8. The van der Waals surface area contributed by atoms with Crippen LogP contribution in [0.25, 0.3) is 0 Å². The van der Waals surface area contributed by atoms with E-state index in [4.69, 9.17) is 9.88 Å². The number of halogens is 3. The monoisotopic (exact) mass is 444 g/mol. The van der Waals surface area contributed by atoms with Gasteiger partial charge in [0, 0.05) is 12.1 Å². The molecule has 0 heterocycles. The Morgan fingerprint density at radius 1 is 1.07 bits per heavy atom. The van der Waals surface area contributed by atoms with Crippen molar-refractivity contribution in [2.75, 3.05) is 5.32 Å². The van der Waals surface area contributed by atoms with Gasteiger partial charge in [0.2, 0.25) is 10.0 Å². The van der Waals surface area contributed by atoms with Crippen LogP contribution in [0.5, 0.6) is 0 Å². The highest BCUT2D eigenvalue weighted by Gasteiger charge is 2.30. The summed E-state index contributed by atoms with van der Waals surface area (Å²) in [6.45, 7) is 1.33. The van der Waals surface area contributed by atoms with Crippen molar-refractivity contribution in [1.82, 2.24) is 0 Å². The second kappa shape index (κ2) is 9.26. The minimum Gasteiger partial charge on any atom is -0.453 e. The van der Waals surface area contributed by atoms with Gasteiger partial charge in [-0.1, -0.05) is 12.1 Å². The van der Waals surface area contributed by atoms with Crippen LogP contribution >= 0.6 is 0 Å². The van der Waals surface area contributed by atoms with E-state index in [2.05, 4.69) is 5.32 Å². The van der Waals surface area contributed by atoms with E-state index in [1.807, 2.05) is 0 Å². The van der Waals surface area contributed by atoms with E-state index in [9.17, 15) is 31.2 Å². The number of nitrogens with one attached hydrogen (secondary N) is 1. The lowest BCUT2D eigenvalue weighted by Crippen LogP contribution is -2.30. The molecule has 2 aromatic rings. The number of benzene rings is 2. The number of primary sulfonamides is 1. The van der Waals surface area contributed by atoms with Crippen LogP contribution in [0.15, 0.2) is 53.4 Å². The Kier molecular flexibility index (Phi) is 7.21. The molecule has 0 aliphatic rings. The summed E-state index contributed by atoms with van der Waals surface area (Å²) >= 11 is 0. The summed E-state index contributed by atoms with van der Waals surface area (Å²) in [5.74, 6) is -1.36. The quantitative estimate of drug-likeness (QED) is 0.637. The van der Waals surface area contributed by atoms with Crippen molar-refractivity contribution >= 4 is 27.6 Å². The van der Waals surface area contributed by atoms with Gasteiger partial charge in [-0.25, -0.2) is 13.6 Å². The van der Waals surface area contributed by atoms with E-state index in [1.165, 1.54) is 31.2 Å². The Labute approximate surface area is 171 Å². The largest absolute Gasteiger partial charge is 0.453 e. The maximum absolute atomic E-state index is 12.5. The molecule has 0 radical (unpaired) electrons. The molecule has 0 saturated heterocycles. The van der Waals surface area contributed by atoms with Gasteiger partial charge in [0.25, 0.3) is 5.91 Å². The third-order valence-electron chi connectivity index (χ3n) is 4.03. The molecule has 7 nitrogen and oxygen atoms in total. The van der Waals surface area contributed by atoms with Gasteiger partial charge >= 0.3 is 12.1 Å². The summed E-state index contributed by atoms with van der Waals surface area (Å²) in [7, 11) is -3.80. The number of anilines is 1. The van der Waals surface area contributed by atoms with Crippen molar-refractivity contribution in [2.45, 2.75) is 36.9 Å². The van der Waals surface area contributed by atoms with Crippen molar-refractivity contribution in [3.63, 3.8) is 0 Å². The second-order valence-corrected chi connectivity index (χ2v) is 7.95. The van der Waals surface area contributed by atoms with Gasteiger partial charge in [0.05, 0.1) is 10.5 Å². The Hall–Kier alpha value is -2.92. The molecule has 11 heteroatoms. The summed E-state index contributed by atoms with van der Waals surface area (Å²) in [4.78, 5) is 23.9. The number of hydrogen-bond acceptors (Lipinski definition) is 5. The first kappa shape index (κ1) is 23.4. The van der Waals surface area contributed by atoms with Crippen LogP contribution in [-0.2, 0) is 36.9 Å². The fourth-order valence-electron chi connectivity index (χ4n) is 2.39. The van der Waals surface area contributed by atoms with Crippen LogP contribution in [0.2, 0.25) is 0 Å². The highest BCUT2D eigenvalue weighted by molar-refractivity contribution is 7.89. The number of nitrogens with two attached hydrogens (primary N) is 1. The van der Waals surface area contributed by atoms with Crippen LogP contribution < -0.4 is 10.5 Å². The highest BCUT2D eigenvalue weighted by Crippen LogP contribution is 2.29. The first-order valence-corrected chi connectivity index (χ1v) is 10.2. The minimum absolute atomic E-state index is 0.0533. The Balaban J connectivity index is 1.84. The van der Waals surface area contributed by atoms with Gasteiger partial charge in [-0.2, -0.15) is 13.2 Å². The molecular weight excluding hydrogens is 425 g/mol. The number of alkyl halides is 3. The van der Waals surface area contributed by atoms with Crippen LogP contribution in [0, 0.1) is 0 Å². The van der Waals surface area contributed by atoms with E-state index in [-0.39, 0.29) is 23.4 Å². The molecule has 1 unspecified atom stereocenters. The Morgan fingerprint density at radius 3 is 2.13 bits per heavy atom. The maximum atomic E-state index is 12.5. The number of amides is 1. The molecule has 0 fully saturated rings. The standard InChI is InChI=1S/C19H19F3N2O5S/c1-12(18(26)24-15-7-5-14(6-8-15)19(20,21)22)29-17(25)11-4-13-2-9-16(10-3-13)30(23,27)28/h2-3,5-10,12H,4,11H2,1H3,(H,24,26)(H2,23,27,28). The molecule has 162 valence electrons. The molecule has 1 atom stereocenters. The zero-order valence-corrected chi connectivity index (χ0v) is 16.6. The summed E-state index contributed by atoms with van der Waals surface area (Å²) in [6.07, 6.45) is -5.46. The van der Waals surface area contributed by atoms with E-state index in [0.717, 1.165) is 24.3 Å². The molecule has 0 aliphatic carbocycles. The molecule has 0 aliphatic heterocycles. The summed E-state index contributed by atoms with van der Waals surface area (Å²) in [6, 6.07) is 9.50. The lowest BCUT2D eigenvalue weighted by molar-refractivity contribution is -0.153. The summed E-state index contributed by atoms with van der Waals surface area (Å²) in [5, 5.41) is 7.37. The Bertz CT molecular complexity index is 1000. The smallest absolute Gasteiger partial charge is 0.416 e. The third kappa shape index (κ3) is 6.85. The number of hydrogen-bond donors (Lipinski definition) is 2. The molecular formula is C19H19F3N2O5S. The molecule has 2 aromatic carbocycles. The third-order valence-corrected chi connectivity index (χ3v) is 4.96. The average molecular weight is 444 g/mol. The number of sulfonamides is 1. The molecule has 0 spiro atoms. The van der Waals surface area contributed by atoms with Crippen molar-refractivity contribution < 1.29 is 35.9 Å². The number of carbonyl (C=O) groups is 2. The number of esters is 1. The highest BCUT2D eigenvalue weighted by atomic mass is 32.2. The summed E-state index contributed by atoms with van der Waals surface area (Å²) in [5.41, 5.74) is -0.0517. The fourth-order valence-corrected chi connectivity index (χ4v) is 2.90. The molecule has 1 amide bonds. The molecule has 0 bridgehead atoms. The van der Waals surface area contributed by atoms with E-state index < -0.39 is 39.7 Å². The van der Waals surface area contributed by atoms with Gasteiger partial charge in [-0.15, -0.1) is 0 Å². The molecule has 30 heavy (non-hydrogen) atoms. The lowest BCUT2D eigenvalue weighted by Gasteiger charge is -2.14. The SMILES string of the molecule is CC(OC(=O)CCc1ccc(S(N)(=O)=O)cc1)C(=O)Nc1ccc(C(F)(F)F)cc1. The predicted octanol–water partition coefficient (Wildman–Crippen LogP) is 2.86. The zero-order valence-electron chi connectivity index (χ0n) is 15.8. The topological polar surface area (TPSA) is 116 Å². The van der Waals surface area contributed by atoms with Gasteiger partial charge in [-0.05, 0) is 55.3 Å². The van der Waals surface area contributed by atoms with Gasteiger partial charge in [0.15, 0.2) is 6.10 Å². The van der Waals surface area contributed by atoms with Gasteiger partial charge in [-0.3, -0.25) is 9.59 Å². The fraction of sp³-hybridized carbons (Fsp3) is 0.263. The van der Waals surface area contributed by atoms with E-state index >= 15 is 0 Å². The van der Waals surface area contributed by atoms with Crippen molar-refractivity contribution in [2.24, 2.45) is 5.14 Å². The van der Waals surface area contributed by atoms with Gasteiger partial charge in [0.1, 0.15) is 0 Å². The predicted molar refractivity (Wildman–Crippen MR) is 102 cm³/mol. The Morgan fingerprint density at radius 2 is 1.63 bits per heavy atom. The van der Waals surface area contributed by atoms with Crippen LogP contribution in [0.3, 0.4) is 0 Å². The van der Waals surface area contributed by atoms with Crippen molar-refractivity contribution in [3.05, 3.63) is 59.7 Å². The van der Waals surface area contributed by atoms with Crippen LogP contribution in [0.1, 0.15) is 24.5 Å². The number of ether oxygens (including phenoxy) is 1. The first-order chi connectivity index (χ1) is 13.9. The average Bonchev–Trinajstić information content (AvgIpc) is 2.65. The number of aryl methyl sites for hydroxylation is 1. The minimum atomic E-state index is -4.48. The van der Waals surface area contributed by atoms with Gasteiger partial charge < -0.3 is 10.1 Å². The molecule has 0 aromatic heterocycles. The lowest BCUT2D eigenvalue weighted by atomic mass is 10.1. The van der Waals surface area contributed by atoms with Crippen LogP contribution in [0.4, 0.5) is 18.9 Å². The number of rotatable bonds is 7. The van der Waals surface area contributed by atoms with E-state index in [0.29, 0.717) is 5.56 Å². The molecule has 0 saturated carbocycles. The van der Waals surface area contributed by atoms with Crippen LogP contribution in [-0.4, -0.2) is 26.4 Å². The van der Waals surface area contributed by atoms with E-state index in [1.54, 1.807) is 0 Å². The second-order valence-electron chi connectivity index (χ2n) is 6.39. The van der Waals surface area contributed by atoms with Crippen molar-refractivity contribution in [3.8, 4) is 0 Å². The molecule has 2 rings (SSSR count).